The maximum Gasteiger partial charge on any atom is 0.322 e. The van der Waals surface area contributed by atoms with Gasteiger partial charge >= 0.3 is 6.01 Å². The maximum absolute atomic E-state index is 6.33. The summed E-state index contributed by atoms with van der Waals surface area (Å²) in [5.74, 6) is 0.910. The van der Waals surface area contributed by atoms with Crippen LogP contribution in [0.4, 0.5) is 5.69 Å². The molecular weight excluding hydrogens is 366 g/mol. The Morgan fingerprint density at radius 1 is 1.32 bits per heavy atom. The van der Waals surface area contributed by atoms with Crippen molar-refractivity contribution in [1.29, 1.82) is 0 Å². The van der Waals surface area contributed by atoms with Gasteiger partial charge in [-0.25, -0.2) is 4.98 Å². The van der Waals surface area contributed by atoms with Gasteiger partial charge in [0.1, 0.15) is 0 Å². The second-order valence-corrected chi connectivity index (χ2v) is 6.99. The van der Waals surface area contributed by atoms with Gasteiger partial charge in [-0.1, -0.05) is 25.4 Å². The van der Waals surface area contributed by atoms with Gasteiger partial charge in [0.05, 0.1) is 15.2 Å². The first-order valence-corrected chi connectivity index (χ1v) is 8.44. The minimum Gasteiger partial charge on any atom is -0.422 e. The maximum atomic E-state index is 6.33. The number of ether oxygens (including phenoxy) is 1. The number of benzene rings is 1. The van der Waals surface area contributed by atoms with Gasteiger partial charge < -0.3 is 10.5 Å². The van der Waals surface area contributed by atoms with Crippen molar-refractivity contribution < 1.29 is 4.74 Å². The summed E-state index contributed by atoms with van der Waals surface area (Å²) in [5, 5.41) is 0.510. The molecule has 1 aromatic carbocycles. The van der Waals surface area contributed by atoms with E-state index in [1.165, 1.54) is 0 Å². The van der Waals surface area contributed by atoms with Gasteiger partial charge in [-0.05, 0) is 52.7 Å². The first kappa shape index (κ1) is 15.6. The van der Waals surface area contributed by atoms with Crippen molar-refractivity contribution in [3.63, 3.8) is 0 Å². The topological polar surface area (TPSA) is 61.0 Å². The molecule has 4 nitrogen and oxygen atoms in total. The van der Waals surface area contributed by atoms with Crippen molar-refractivity contribution >= 4 is 33.2 Å². The van der Waals surface area contributed by atoms with Gasteiger partial charge in [0.15, 0.2) is 5.75 Å². The fourth-order valence-electron chi connectivity index (χ4n) is 2.77. The minimum absolute atomic E-state index is 0.271. The Kier molecular flexibility index (Phi) is 4.28. The predicted molar refractivity (Wildman–Crippen MR) is 91.8 cm³/mol. The molecule has 116 valence electrons. The number of halogens is 2. The SMILES string of the molecule is CC(C)c1nc(Oc2c(Cl)cc(N)c3c2CCC3)ncc1Br. The number of hydrogen-bond donors (Lipinski definition) is 1. The zero-order chi connectivity index (χ0) is 15.9. The summed E-state index contributed by atoms with van der Waals surface area (Å²) in [4.78, 5) is 8.72. The van der Waals surface area contributed by atoms with Crippen LogP contribution in [0.5, 0.6) is 11.8 Å². The predicted octanol–water partition coefficient (Wildman–Crippen LogP) is 4.88. The molecule has 2 N–H and O–H groups in total. The number of fused-ring (bicyclic) bond motifs is 1. The summed E-state index contributed by atoms with van der Waals surface area (Å²) >= 11 is 9.79. The third-order valence-electron chi connectivity index (χ3n) is 3.83. The lowest BCUT2D eigenvalue weighted by Gasteiger charge is -2.14. The molecule has 1 aliphatic carbocycles. The van der Waals surface area contributed by atoms with E-state index < -0.39 is 0 Å². The first-order chi connectivity index (χ1) is 10.5. The average molecular weight is 383 g/mol. The normalized spacial score (nSPS) is 13.5. The summed E-state index contributed by atoms with van der Waals surface area (Å²) in [5.41, 5.74) is 9.92. The Labute approximate surface area is 143 Å². The van der Waals surface area contributed by atoms with Crippen LogP contribution in [0.1, 0.15) is 43.0 Å². The third-order valence-corrected chi connectivity index (χ3v) is 4.72. The van der Waals surface area contributed by atoms with Crippen LogP contribution < -0.4 is 10.5 Å². The molecule has 0 amide bonds. The van der Waals surface area contributed by atoms with E-state index in [9.17, 15) is 0 Å². The van der Waals surface area contributed by atoms with Crippen LogP contribution in [-0.2, 0) is 12.8 Å². The van der Waals surface area contributed by atoms with Crippen molar-refractivity contribution in [3.8, 4) is 11.8 Å². The number of rotatable bonds is 3. The number of nitrogen functional groups attached to an aromatic ring is 1. The molecule has 0 atom stereocenters. The standard InChI is InChI=1S/C16H17BrClN3O/c1-8(2)14-11(17)7-20-16(21-14)22-15-10-5-3-4-9(10)13(19)6-12(15)18/h6-8H,3-5,19H2,1-2H3. The molecule has 1 aromatic heterocycles. The quantitative estimate of drug-likeness (QED) is 0.769. The van der Waals surface area contributed by atoms with Gasteiger partial charge in [-0.3, -0.25) is 0 Å². The fourth-order valence-corrected chi connectivity index (χ4v) is 3.68. The molecule has 6 heteroatoms. The van der Waals surface area contributed by atoms with Crippen LogP contribution in [0.2, 0.25) is 5.02 Å². The molecule has 22 heavy (non-hydrogen) atoms. The van der Waals surface area contributed by atoms with Gasteiger partial charge in [0.2, 0.25) is 0 Å². The Morgan fingerprint density at radius 3 is 2.77 bits per heavy atom. The summed E-state index contributed by atoms with van der Waals surface area (Å²) in [7, 11) is 0. The molecule has 0 spiro atoms. The van der Waals surface area contributed by atoms with Crippen LogP contribution >= 0.6 is 27.5 Å². The van der Waals surface area contributed by atoms with E-state index in [1.807, 2.05) is 0 Å². The van der Waals surface area contributed by atoms with Crippen LogP contribution in [0.3, 0.4) is 0 Å². The van der Waals surface area contributed by atoms with Crippen molar-refractivity contribution in [1.82, 2.24) is 9.97 Å². The van der Waals surface area contributed by atoms with E-state index in [2.05, 4.69) is 39.7 Å². The van der Waals surface area contributed by atoms with Crippen molar-refractivity contribution in [2.75, 3.05) is 5.73 Å². The number of nitrogens with zero attached hydrogens (tertiary/aromatic N) is 2. The molecule has 3 rings (SSSR count). The summed E-state index contributed by atoms with van der Waals surface area (Å²) in [6.07, 6.45) is 4.66. The minimum atomic E-state index is 0.271. The highest BCUT2D eigenvalue weighted by atomic mass is 79.9. The third kappa shape index (κ3) is 2.79. The van der Waals surface area contributed by atoms with Crippen molar-refractivity contribution in [3.05, 3.63) is 38.6 Å². The Bertz CT molecular complexity index is 734. The molecule has 1 aliphatic rings. The average Bonchev–Trinajstić information content (AvgIpc) is 2.94. The van der Waals surface area contributed by atoms with E-state index in [0.29, 0.717) is 16.8 Å². The van der Waals surface area contributed by atoms with E-state index in [0.717, 1.165) is 46.2 Å². The lowest BCUT2D eigenvalue weighted by Crippen LogP contribution is -2.02. The van der Waals surface area contributed by atoms with Crippen molar-refractivity contribution in [2.45, 2.75) is 39.0 Å². The number of anilines is 1. The lowest BCUT2D eigenvalue weighted by molar-refractivity contribution is 0.433. The second kappa shape index (κ2) is 6.05. The van der Waals surface area contributed by atoms with Crippen LogP contribution in [0.15, 0.2) is 16.7 Å². The number of hydrogen-bond acceptors (Lipinski definition) is 4. The molecule has 0 fully saturated rings. The molecule has 0 saturated carbocycles. The molecule has 2 aromatic rings. The molecule has 0 radical (unpaired) electrons. The first-order valence-electron chi connectivity index (χ1n) is 7.27. The lowest BCUT2D eigenvalue weighted by atomic mass is 10.1. The Balaban J connectivity index is 2.01. The number of nitrogens with two attached hydrogens (primary N) is 1. The van der Waals surface area contributed by atoms with Crippen LogP contribution in [0, 0.1) is 0 Å². The van der Waals surface area contributed by atoms with Crippen LogP contribution in [0.25, 0.3) is 0 Å². The molecular formula is C16H17BrClN3O. The molecule has 0 bridgehead atoms. The Hall–Kier alpha value is -1.33. The summed E-state index contributed by atoms with van der Waals surface area (Å²) < 4.78 is 6.80. The second-order valence-electron chi connectivity index (χ2n) is 5.73. The smallest absolute Gasteiger partial charge is 0.322 e. The zero-order valence-electron chi connectivity index (χ0n) is 12.5. The largest absolute Gasteiger partial charge is 0.422 e. The highest BCUT2D eigenvalue weighted by Gasteiger charge is 2.23. The molecule has 0 aliphatic heterocycles. The summed E-state index contributed by atoms with van der Waals surface area (Å²) in [6, 6.07) is 2.07. The number of aromatic nitrogens is 2. The highest BCUT2D eigenvalue weighted by Crippen LogP contribution is 2.41. The molecule has 0 unspecified atom stereocenters. The monoisotopic (exact) mass is 381 g/mol. The van der Waals surface area contributed by atoms with Crippen molar-refractivity contribution in [2.24, 2.45) is 0 Å². The van der Waals surface area contributed by atoms with E-state index >= 15 is 0 Å². The van der Waals surface area contributed by atoms with E-state index in [-0.39, 0.29) is 5.92 Å². The van der Waals surface area contributed by atoms with Gasteiger partial charge in [0, 0.05) is 17.4 Å². The van der Waals surface area contributed by atoms with E-state index in [1.54, 1.807) is 12.3 Å². The zero-order valence-corrected chi connectivity index (χ0v) is 14.8. The van der Waals surface area contributed by atoms with Crippen LogP contribution in [-0.4, -0.2) is 9.97 Å². The molecule has 0 saturated heterocycles. The molecule has 1 heterocycles. The van der Waals surface area contributed by atoms with Gasteiger partial charge in [0.25, 0.3) is 0 Å². The highest BCUT2D eigenvalue weighted by molar-refractivity contribution is 9.10. The van der Waals surface area contributed by atoms with E-state index in [4.69, 9.17) is 22.1 Å². The fraction of sp³-hybridized carbons (Fsp3) is 0.375. The summed E-state index contributed by atoms with van der Waals surface area (Å²) in [6.45, 7) is 4.15. The Morgan fingerprint density at radius 2 is 2.05 bits per heavy atom. The van der Waals surface area contributed by atoms with Gasteiger partial charge in [-0.2, -0.15) is 4.98 Å². The van der Waals surface area contributed by atoms with Gasteiger partial charge in [-0.15, -0.1) is 0 Å².